The SMILES string of the molecule is Cc1cc(N(Cc2ccccc2)C2CC2)c(Br)cc1N. The second kappa shape index (κ2) is 5.49. The lowest BCUT2D eigenvalue weighted by Crippen LogP contribution is -2.25. The fourth-order valence-corrected chi connectivity index (χ4v) is 3.07. The molecule has 0 heterocycles. The maximum atomic E-state index is 5.99. The molecule has 0 atom stereocenters. The minimum atomic E-state index is 0.662. The molecule has 1 fully saturated rings. The van der Waals surface area contributed by atoms with Crippen LogP contribution in [-0.4, -0.2) is 6.04 Å². The topological polar surface area (TPSA) is 29.3 Å². The summed E-state index contributed by atoms with van der Waals surface area (Å²) in [7, 11) is 0. The maximum absolute atomic E-state index is 5.99. The normalized spacial score (nSPS) is 14.3. The number of nitrogens with zero attached hydrogens (tertiary/aromatic N) is 1. The first-order valence-corrected chi connectivity index (χ1v) is 7.80. The molecule has 1 aliphatic rings. The van der Waals surface area contributed by atoms with Gasteiger partial charge in [0.1, 0.15) is 0 Å². The van der Waals surface area contributed by atoms with Gasteiger partial charge in [-0.3, -0.25) is 0 Å². The predicted octanol–water partition coefficient (Wildman–Crippen LogP) is 4.51. The summed E-state index contributed by atoms with van der Waals surface area (Å²) in [4.78, 5) is 2.49. The van der Waals surface area contributed by atoms with E-state index in [0.29, 0.717) is 6.04 Å². The molecule has 104 valence electrons. The van der Waals surface area contributed by atoms with Gasteiger partial charge in [0, 0.05) is 22.7 Å². The van der Waals surface area contributed by atoms with Crippen molar-refractivity contribution in [2.45, 2.75) is 32.4 Å². The second-order valence-corrected chi connectivity index (χ2v) is 6.36. The number of hydrogen-bond donors (Lipinski definition) is 1. The van der Waals surface area contributed by atoms with Crippen molar-refractivity contribution >= 4 is 27.3 Å². The first-order valence-electron chi connectivity index (χ1n) is 7.01. The number of benzene rings is 2. The van der Waals surface area contributed by atoms with E-state index in [0.717, 1.165) is 22.3 Å². The van der Waals surface area contributed by atoms with Gasteiger partial charge in [-0.05, 0) is 59.0 Å². The lowest BCUT2D eigenvalue weighted by molar-refractivity contribution is 0.792. The smallest absolute Gasteiger partial charge is 0.0520 e. The van der Waals surface area contributed by atoms with Gasteiger partial charge in [0.15, 0.2) is 0 Å². The van der Waals surface area contributed by atoms with E-state index < -0.39 is 0 Å². The molecular formula is C17H19BrN2. The zero-order chi connectivity index (χ0) is 14.1. The summed E-state index contributed by atoms with van der Waals surface area (Å²) in [5, 5.41) is 0. The number of rotatable bonds is 4. The van der Waals surface area contributed by atoms with Gasteiger partial charge in [-0.25, -0.2) is 0 Å². The molecule has 1 aliphatic carbocycles. The van der Waals surface area contributed by atoms with E-state index in [1.807, 2.05) is 6.07 Å². The molecule has 20 heavy (non-hydrogen) atoms. The summed E-state index contributed by atoms with van der Waals surface area (Å²) in [6.45, 7) is 3.02. The molecule has 3 heteroatoms. The Labute approximate surface area is 128 Å². The van der Waals surface area contributed by atoms with Crippen molar-refractivity contribution in [1.29, 1.82) is 0 Å². The summed E-state index contributed by atoms with van der Waals surface area (Å²) in [6, 6.07) is 15.5. The summed E-state index contributed by atoms with van der Waals surface area (Å²) >= 11 is 3.67. The van der Waals surface area contributed by atoms with Crippen LogP contribution in [-0.2, 0) is 6.54 Å². The van der Waals surface area contributed by atoms with Crippen molar-refractivity contribution in [3.8, 4) is 0 Å². The van der Waals surface area contributed by atoms with Crippen molar-refractivity contribution in [2.24, 2.45) is 0 Å². The largest absolute Gasteiger partial charge is 0.398 e. The van der Waals surface area contributed by atoms with Crippen LogP contribution in [0.3, 0.4) is 0 Å². The third-order valence-electron chi connectivity index (χ3n) is 3.83. The Hall–Kier alpha value is -1.48. The average molecular weight is 331 g/mol. The highest BCUT2D eigenvalue weighted by Gasteiger charge is 2.30. The summed E-state index contributed by atoms with van der Waals surface area (Å²) < 4.78 is 1.09. The van der Waals surface area contributed by atoms with Crippen LogP contribution in [0.4, 0.5) is 11.4 Å². The van der Waals surface area contributed by atoms with E-state index >= 15 is 0 Å². The van der Waals surface area contributed by atoms with Crippen LogP contribution in [0.25, 0.3) is 0 Å². The van der Waals surface area contributed by atoms with Crippen LogP contribution in [0, 0.1) is 6.92 Å². The third-order valence-corrected chi connectivity index (χ3v) is 4.46. The number of halogens is 1. The van der Waals surface area contributed by atoms with Gasteiger partial charge in [0.25, 0.3) is 0 Å². The standard InChI is InChI=1S/C17H19BrN2/c1-12-9-17(15(18)10-16(12)19)20(14-7-8-14)11-13-5-3-2-4-6-13/h2-6,9-10,14H,7-8,11,19H2,1H3. The van der Waals surface area contributed by atoms with Crippen LogP contribution >= 0.6 is 15.9 Å². The van der Waals surface area contributed by atoms with Gasteiger partial charge in [-0.15, -0.1) is 0 Å². The molecule has 3 rings (SSSR count). The molecule has 0 amide bonds. The lowest BCUT2D eigenvalue weighted by Gasteiger charge is -2.27. The number of nitrogens with two attached hydrogens (primary N) is 1. The molecule has 2 aromatic rings. The Bertz CT molecular complexity index is 606. The van der Waals surface area contributed by atoms with Gasteiger partial charge in [-0.1, -0.05) is 30.3 Å². The van der Waals surface area contributed by atoms with Crippen LogP contribution in [0.2, 0.25) is 0 Å². The Kier molecular flexibility index (Phi) is 3.70. The number of nitrogen functional groups attached to an aromatic ring is 1. The molecule has 0 aromatic heterocycles. The van der Waals surface area contributed by atoms with Gasteiger partial charge in [0.2, 0.25) is 0 Å². The highest BCUT2D eigenvalue weighted by Crippen LogP contribution is 2.38. The summed E-state index contributed by atoms with van der Waals surface area (Å²) in [5.41, 5.74) is 10.6. The van der Waals surface area contributed by atoms with Crippen molar-refractivity contribution in [3.05, 3.63) is 58.1 Å². The van der Waals surface area contributed by atoms with Gasteiger partial charge in [0.05, 0.1) is 5.69 Å². The van der Waals surface area contributed by atoms with Crippen molar-refractivity contribution in [2.75, 3.05) is 10.6 Å². The second-order valence-electron chi connectivity index (χ2n) is 5.50. The average Bonchev–Trinajstić information content (AvgIpc) is 3.26. The Morgan fingerprint density at radius 3 is 2.55 bits per heavy atom. The minimum Gasteiger partial charge on any atom is -0.398 e. The quantitative estimate of drug-likeness (QED) is 0.836. The van der Waals surface area contributed by atoms with Crippen molar-refractivity contribution < 1.29 is 0 Å². The zero-order valence-corrected chi connectivity index (χ0v) is 13.2. The fraction of sp³-hybridized carbons (Fsp3) is 0.294. The first-order chi connectivity index (χ1) is 9.65. The molecule has 2 N–H and O–H groups in total. The van der Waals surface area contributed by atoms with Crippen molar-refractivity contribution in [1.82, 2.24) is 0 Å². The van der Waals surface area contributed by atoms with Crippen LogP contribution in [0.15, 0.2) is 46.9 Å². The lowest BCUT2D eigenvalue weighted by atomic mass is 10.1. The maximum Gasteiger partial charge on any atom is 0.0520 e. The molecule has 0 bridgehead atoms. The van der Waals surface area contributed by atoms with Gasteiger partial charge < -0.3 is 10.6 Å². The highest BCUT2D eigenvalue weighted by molar-refractivity contribution is 9.10. The molecule has 0 radical (unpaired) electrons. The molecule has 2 nitrogen and oxygen atoms in total. The van der Waals surface area contributed by atoms with E-state index in [2.05, 4.69) is 64.2 Å². The highest BCUT2D eigenvalue weighted by atomic mass is 79.9. The Balaban J connectivity index is 1.93. The van der Waals surface area contributed by atoms with Crippen LogP contribution < -0.4 is 10.6 Å². The molecule has 0 unspecified atom stereocenters. The molecule has 0 saturated heterocycles. The Morgan fingerprint density at radius 1 is 1.20 bits per heavy atom. The molecular weight excluding hydrogens is 312 g/mol. The fourth-order valence-electron chi connectivity index (χ4n) is 2.48. The number of hydrogen-bond acceptors (Lipinski definition) is 2. The number of anilines is 2. The van der Waals surface area contributed by atoms with E-state index in [-0.39, 0.29) is 0 Å². The van der Waals surface area contributed by atoms with E-state index in [9.17, 15) is 0 Å². The molecule has 0 aliphatic heterocycles. The third kappa shape index (κ3) is 2.83. The van der Waals surface area contributed by atoms with Crippen LogP contribution in [0.5, 0.6) is 0 Å². The van der Waals surface area contributed by atoms with E-state index in [1.54, 1.807) is 0 Å². The van der Waals surface area contributed by atoms with E-state index in [4.69, 9.17) is 5.73 Å². The van der Waals surface area contributed by atoms with Crippen molar-refractivity contribution in [3.63, 3.8) is 0 Å². The van der Waals surface area contributed by atoms with Gasteiger partial charge >= 0.3 is 0 Å². The minimum absolute atomic E-state index is 0.662. The molecule has 2 aromatic carbocycles. The predicted molar refractivity (Wildman–Crippen MR) is 88.9 cm³/mol. The van der Waals surface area contributed by atoms with Gasteiger partial charge in [-0.2, -0.15) is 0 Å². The number of aryl methyl sites for hydroxylation is 1. The first kappa shape index (κ1) is 13.5. The molecule has 1 saturated carbocycles. The monoisotopic (exact) mass is 330 g/mol. The molecule has 0 spiro atoms. The van der Waals surface area contributed by atoms with Crippen LogP contribution in [0.1, 0.15) is 24.0 Å². The van der Waals surface area contributed by atoms with E-state index in [1.165, 1.54) is 24.1 Å². The summed E-state index contributed by atoms with van der Waals surface area (Å²) in [5.74, 6) is 0. The Morgan fingerprint density at radius 2 is 1.90 bits per heavy atom. The zero-order valence-electron chi connectivity index (χ0n) is 11.6. The summed E-state index contributed by atoms with van der Waals surface area (Å²) in [6.07, 6.45) is 2.56.